The summed E-state index contributed by atoms with van der Waals surface area (Å²) in [5, 5.41) is 0. The first-order chi connectivity index (χ1) is 13.4. The van der Waals surface area contributed by atoms with Gasteiger partial charge in [0, 0.05) is 19.5 Å². The number of aryl methyl sites for hydroxylation is 1. The summed E-state index contributed by atoms with van der Waals surface area (Å²) in [5.41, 5.74) is 1.91. The van der Waals surface area contributed by atoms with Gasteiger partial charge in [-0.25, -0.2) is 13.1 Å². The Morgan fingerprint density at radius 2 is 1.75 bits per heavy atom. The van der Waals surface area contributed by atoms with Crippen LogP contribution >= 0.6 is 0 Å². The number of carbonyl (C=O) groups excluding carboxylic acids is 1. The van der Waals surface area contributed by atoms with E-state index in [1.165, 1.54) is 7.05 Å². The van der Waals surface area contributed by atoms with Gasteiger partial charge in [0.1, 0.15) is 0 Å². The van der Waals surface area contributed by atoms with Gasteiger partial charge in [-0.15, -0.1) is 0 Å². The normalized spacial score (nSPS) is 12.8. The zero-order valence-corrected chi connectivity index (χ0v) is 16.8. The minimum atomic E-state index is -3.45. The summed E-state index contributed by atoms with van der Waals surface area (Å²) >= 11 is 0. The molecule has 1 aliphatic rings. The predicted octanol–water partition coefficient (Wildman–Crippen LogP) is 2.30. The molecule has 28 heavy (non-hydrogen) atoms. The van der Waals surface area contributed by atoms with E-state index >= 15 is 0 Å². The zero-order valence-electron chi connectivity index (χ0n) is 16.0. The molecule has 0 aromatic heterocycles. The monoisotopic (exact) mass is 404 g/mol. The summed E-state index contributed by atoms with van der Waals surface area (Å²) in [7, 11) is -2.07. The van der Waals surface area contributed by atoms with Gasteiger partial charge in [-0.2, -0.15) is 0 Å². The van der Waals surface area contributed by atoms with Crippen LogP contribution < -0.4 is 14.2 Å². The smallest absolute Gasteiger partial charge is 0.240 e. The number of ether oxygens (including phenoxy) is 2. The van der Waals surface area contributed by atoms with E-state index in [2.05, 4.69) is 4.72 Å². The number of sulfonamides is 1. The fourth-order valence-electron chi connectivity index (χ4n) is 3.00. The molecule has 1 aliphatic heterocycles. The van der Waals surface area contributed by atoms with Crippen molar-refractivity contribution >= 4 is 15.9 Å². The first kappa shape index (κ1) is 20.2. The first-order valence-corrected chi connectivity index (χ1v) is 10.6. The predicted molar refractivity (Wildman–Crippen MR) is 105 cm³/mol. The third-order valence-electron chi connectivity index (χ3n) is 4.67. The maximum absolute atomic E-state index is 12.6. The second-order valence-corrected chi connectivity index (χ2v) is 8.33. The lowest BCUT2D eigenvalue weighted by molar-refractivity contribution is -0.131. The molecule has 0 saturated heterocycles. The molecular weight excluding hydrogens is 380 g/mol. The molecule has 0 saturated carbocycles. The Morgan fingerprint density at radius 3 is 2.43 bits per heavy atom. The van der Waals surface area contributed by atoms with Gasteiger partial charge in [-0.1, -0.05) is 18.2 Å². The Balaban J connectivity index is 1.58. The van der Waals surface area contributed by atoms with Crippen molar-refractivity contribution in [2.75, 3.05) is 20.4 Å². The van der Waals surface area contributed by atoms with E-state index in [0.717, 1.165) is 16.9 Å². The van der Waals surface area contributed by atoms with Crippen LogP contribution in [0.3, 0.4) is 0 Å². The first-order valence-electron chi connectivity index (χ1n) is 9.11. The maximum Gasteiger partial charge on any atom is 0.240 e. The molecule has 0 fully saturated rings. The maximum atomic E-state index is 12.6. The molecule has 0 spiro atoms. The lowest BCUT2D eigenvalue weighted by Crippen LogP contribution is -2.30. The molecular formula is C20H24N2O5S. The fourth-order valence-corrected chi connectivity index (χ4v) is 3.73. The zero-order chi connectivity index (χ0) is 20.1. The van der Waals surface area contributed by atoms with E-state index in [-0.39, 0.29) is 17.6 Å². The Morgan fingerprint density at radius 1 is 1.07 bits per heavy atom. The largest absolute Gasteiger partial charge is 0.454 e. The average Bonchev–Trinajstić information content (AvgIpc) is 3.18. The Labute approximate surface area is 165 Å². The minimum Gasteiger partial charge on any atom is -0.454 e. The third kappa shape index (κ3) is 4.63. The number of amides is 1. The summed E-state index contributed by atoms with van der Waals surface area (Å²) in [5.74, 6) is 1.48. The van der Waals surface area contributed by atoms with E-state index in [0.29, 0.717) is 31.7 Å². The average molecular weight is 404 g/mol. The van der Waals surface area contributed by atoms with Crippen LogP contribution in [0.25, 0.3) is 0 Å². The highest BCUT2D eigenvalue weighted by Crippen LogP contribution is 2.32. The number of benzene rings is 2. The number of rotatable bonds is 8. The highest BCUT2D eigenvalue weighted by molar-refractivity contribution is 7.89. The van der Waals surface area contributed by atoms with Gasteiger partial charge >= 0.3 is 0 Å². The summed E-state index contributed by atoms with van der Waals surface area (Å²) in [6, 6.07) is 12.3. The van der Waals surface area contributed by atoms with Crippen molar-refractivity contribution in [3.8, 4) is 11.5 Å². The van der Waals surface area contributed by atoms with Crippen LogP contribution in [0.2, 0.25) is 0 Å². The number of fused-ring (bicyclic) bond motifs is 1. The van der Waals surface area contributed by atoms with Crippen molar-refractivity contribution in [2.45, 2.75) is 31.2 Å². The van der Waals surface area contributed by atoms with Crippen molar-refractivity contribution in [3.05, 3.63) is 53.6 Å². The third-order valence-corrected chi connectivity index (χ3v) is 6.10. The molecule has 0 aliphatic carbocycles. The number of hydrogen-bond donors (Lipinski definition) is 1. The molecule has 7 nitrogen and oxygen atoms in total. The quantitative estimate of drug-likeness (QED) is 0.730. The van der Waals surface area contributed by atoms with Crippen LogP contribution in [0.4, 0.5) is 0 Å². The topological polar surface area (TPSA) is 84.9 Å². The molecule has 1 N–H and O–H groups in total. The second-order valence-electron chi connectivity index (χ2n) is 6.45. The molecule has 2 aromatic rings. The van der Waals surface area contributed by atoms with Crippen LogP contribution in [-0.2, 0) is 27.8 Å². The summed E-state index contributed by atoms with van der Waals surface area (Å²) in [6.07, 6.45) is 0.910. The van der Waals surface area contributed by atoms with Gasteiger partial charge in [0.15, 0.2) is 11.5 Å². The molecule has 0 atom stereocenters. The number of carbonyl (C=O) groups is 1. The lowest BCUT2D eigenvalue weighted by atomic mass is 10.1. The van der Waals surface area contributed by atoms with Gasteiger partial charge < -0.3 is 14.4 Å². The van der Waals surface area contributed by atoms with Gasteiger partial charge in [0.05, 0.1) is 4.90 Å². The van der Waals surface area contributed by atoms with E-state index in [9.17, 15) is 13.2 Å². The highest BCUT2D eigenvalue weighted by atomic mass is 32.2. The van der Waals surface area contributed by atoms with E-state index < -0.39 is 10.0 Å². The van der Waals surface area contributed by atoms with Gasteiger partial charge in [0.2, 0.25) is 22.7 Å². The molecule has 0 unspecified atom stereocenters. The molecule has 1 amide bonds. The van der Waals surface area contributed by atoms with Crippen molar-refractivity contribution in [3.63, 3.8) is 0 Å². The minimum absolute atomic E-state index is 0.0482. The number of nitrogens with zero attached hydrogens (tertiary/aromatic N) is 1. The number of nitrogens with one attached hydrogen (secondary N) is 1. The van der Waals surface area contributed by atoms with Crippen LogP contribution in [0, 0.1) is 0 Å². The SMILES string of the molecule is CCN(Cc1ccc2c(c1)OCO2)C(=O)CCc1ccc(S(=O)(=O)NC)cc1. The van der Waals surface area contributed by atoms with E-state index in [1.807, 2.05) is 25.1 Å². The van der Waals surface area contributed by atoms with Gasteiger partial charge in [-0.3, -0.25) is 4.79 Å². The van der Waals surface area contributed by atoms with E-state index in [4.69, 9.17) is 9.47 Å². The molecule has 8 heteroatoms. The molecule has 0 bridgehead atoms. The Hall–Kier alpha value is -2.58. The van der Waals surface area contributed by atoms with Crippen molar-refractivity contribution < 1.29 is 22.7 Å². The summed E-state index contributed by atoms with van der Waals surface area (Å²) in [4.78, 5) is 14.6. The number of hydrogen-bond acceptors (Lipinski definition) is 5. The van der Waals surface area contributed by atoms with Crippen LogP contribution in [0.1, 0.15) is 24.5 Å². The van der Waals surface area contributed by atoms with Crippen molar-refractivity contribution in [1.29, 1.82) is 0 Å². The molecule has 3 rings (SSSR count). The van der Waals surface area contributed by atoms with Gasteiger partial charge in [0.25, 0.3) is 0 Å². The molecule has 2 aromatic carbocycles. The standard InChI is InChI=1S/C20H24N2O5S/c1-3-22(13-16-6-10-18-19(12-16)27-14-26-18)20(23)11-7-15-4-8-17(9-5-15)28(24,25)21-2/h4-6,8-10,12,21H,3,7,11,13-14H2,1-2H3. The van der Waals surface area contributed by atoms with Crippen LogP contribution in [0.5, 0.6) is 11.5 Å². The Kier molecular flexibility index (Phi) is 6.21. The molecule has 150 valence electrons. The molecule has 0 radical (unpaired) electrons. The van der Waals surface area contributed by atoms with E-state index in [1.54, 1.807) is 29.2 Å². The van der Waals surface area contributed by atoms with Crippen LogP contribution in [-0.4, -0.2) is 39.6 Å². The summed E-state index contributed by atoms with van der Waals surface area (Å²) in [6.45, 7) is 3.28. The second kappa shape index (κ2) is 8.62. The lowest BCUT2D eigenvalue weighted by Gasteiger charge is -2.21. The summed E-state index contributed by atoms with van der Waals surface area (Å²) < 4.78 is 36.5. The Bertz CT molecular complexity index is 942. The van der Waals surface area contributed by atoms with Crippen molar-refractivity contribution in [2.24, 2.45) is 0 Å². The fraction of sp³-hybridized carbons (Fsp3) is 0.350. The highest BCUT2D eigenvalue weighted by Gasteiger charge is 2.17. The van der Waals surface area contributed by atoms with Crippen LogP contribution in [0.15, 0.2) is 47.4 Å². The van der Waals surface area contributed by atoms with Crippen molar-refractivity contribution in [1.82, 2.24) is 9.62 Å². The molecule has 1 heterocycles. The van der Waals surface area contributed by atoms with Gasteiger partial charge in [-0.05, 0) is 55.8 Å².